The first-order valence-electron chi connectivity index (χ1n) is 12.7. The summed E-state index contributed by atoms with van der Waals surface area (Å²) in [4.78, 5) is 13.5. The van der Waals surface area contributed by atoms with Gasteiger partial charge in [0.25, 0.3) is 0 Å². The lowest BCUT2D eigenvalue weighted by Crippen LogP contribution is -2.37. The molecule has 3 aromatic carbocycles. The number of aliphatic hydroxyl groups is 1. The summed E-state index contributed by atoms with van der Waals surface area (Å²) >= 11 is 0. The zero-order chi connectivity index (χ0) is 26.2. The number of ether oxygens (including phenoxy) is 2. The van der Waals surface area contributed by atoms with Crippen LogP contribution >= 0.6 is 0 Å². The lowest BCUT2D eigenvalue weighted by Gasteiger charge is -2.37. The molecule has 4 rings (SSSR count). The Morgan fingerprint density at radius 1 is 1.03 bits per heavy atom. The van der Waals surface area contributed by atoms with Gasteiger partial charge in [-0.3, -0.25) is 4.79 Å². The number of carbonyl (C=O) groups excluding carboxylic acids is 1. The van der Waals surface area contributed by atoms with Crippen molar-refractivity contribution in [1.29, 1.82) is 0 Å². The largest absolute Gasteiger partial charge is 0.392 e. The van der Waals surface area contributed by atoms with Crippen LogP contribution in [-0.4, -0.2) is 42.2 Å². The molecule has 2 N–H and O–H groups in total. The van der Waals surface area contributed by atoms with Gasteiger partial charge in [0.1, 0.15) is 0 Å². The van der Waals surface area contributed by atoms with Gasteiger partial charge in [-0.15, -0.1) is 6.58 Å². The molecular weight excluding hydrogens is 464 g/mol. The molecule has 1 saturated heterocycles. The van der Waals surface area contributed by atoms with E-state index >= 15 is 0 Å². The van der Waals surface area contributed by atoms with Gasteiger partial charge in [-0.2, -0.15) is 0 Å². The Kier molecular flexibility index (Phi) is 9.25. The van der Waals surface area contributed by atoms with Crippen molar-refractivity contribution in [2.75, 3.05) is 20.1 Å². The van der Waals surface area contributed by atoms with Crippen molar-refractivity contribution in [2.24, 2.45) is 0 Å². The fraction of sp³-hybridized carbons (Fsp3) is 0.323. The van der Waals surface area contributed by atoms with E-state index in [9.17, 15) is 9.90 Å². The number of nitrogens with one attached hydrogen (secondary N) is 1. The molecular formula is C31H36N2O4. The monoisotopic (exact) mass is 500 g/mol. The minimum absolute atomic E-state index is 0.00338. The molecule has 0 aliphatic carbocycles. The molecule has 0 radical (unpaired) electrons. The minimum Gasteiger partial charge on any atom is -0.392 e. The summed E-state index contributed by atoms with van der Waals surface area (Å²) in [5, 5.41) is 12.3. The maximum Gasteiger partial charge on any atom is 0.217 e. The van der Waals surface area contributed by atoms with Gasteiger partial charge in [0.2, 0.25) is 5.91 Å². The maximum absolute atomic E-state index is 11.3. The molecule has 0 spiro atoms. The molecule has 6 heteroatoms. The number of hydrogen-bond donors (Lipinski definition) is 2. The van der Waals surface area contributed by atoms with Crippen LogP contribution in [-0.2, 0) is 27.4 Å². The third-order valence-electron chi connectivity index (χ3n) is 6.56. The zero-order valence-corrected chi connectivity index (χ0v) is 21.6. The molecule has 0 aromatic heterocycles. The van der Waals surface area contributed by atoms with Gasteiger partial charge in [0.05, 0.1) is 18.8 Å². The van der Waals surface area contributed by atoms with E-state index in [1.54, 1.807) is 0 Å². The van der Waals surface area contributed by atoms with Crippen LogP contribution in [0, 0.1) is 0 Å². The van der Waals surface area contributed by atoms with Crippen LogP contribution in [0.4, 0.5) is 0 Å². The third kappa shape index (κ3) is 7.37. The minimum atomic E-state index is -0.487. The molecule has 3 atom stereocenters. The Morgan fingerprint density at radius 2 is 1.76 bits per heavy atom. The van der Waals surface area contributed by atoms with Gasteiger partial charge in [0.15, 0.2) is 6.29 Å². The number of likely N-dealkylation sites (N-methyl/N-ethyl adjacent to an activating group) is 1. The third-order valence-corrected chi connectivity index (χ3v) is 6.56. The molecule has 6 nitrogen and oxygen atoms in total. The van der Waals surface area contributed by atoms with Crippen molar-refractivity contribution >= 4 is 5.91 Å². The van der Waals surface area contributed by atoms with Crippen LogP contribution in [0.15, 0.2) is 85.5 Å². The number of carbonyl (C=O) groups is 1. The Balaban J connectivity index is 1.53. The van der Waals surface area contributed by atoms with Crippen LogP contribution < -0.4 is 5.32 Å². The summed E-state index contributed by atoms with van der Waals surface area (Å²) in [5.41, 5.74) is 6.15. The van der Waals surface area contributed by atoms with E-state index in [4.69, 9.17) is 9.47 Å². The van der Waals surface area contributed by atoms with Crippen LogP contribution in [0.1, 0.15) is 48.0 Å². The van der Waals surface area contributed by atoms with Crippen LogP contribution in [0.5, 0.6) is 0 Å². The lowest BCUT2D eigenvalue weighted by atomic mass is 9.99. The average molecular weight is 501 g/mol. The molecule has 0 bridgehead atoms. The fourth-order valence-electron chi connectivity index (χ4n) is 4.60. The van der Waals surface area contributed by atoms with E-state index in [-0.39, 0.29) is 24.7 Å². The van der Waals surface area contributed by atoms with Gasteiger partial charge < -0.3 is 24.8 Å². The Morgan fingerprint density at radius 3 is 2.43 bits per heavy atom. The van der Waals surface area contributed by atoms with Crippen molar-refractivity contribution in [1.82, 2.24) is 10.2 Å². The van der Waals surface area contributed by atoms with E-state index in [0.29, 0.717) is 6.54 Å². The van der Waals surface area contributed by atoms with Gasteiger partial charge in [0, 0.05) is 38.5 Å². The normalized spacial score (nSPS) is 19.5. The van der Waals surface area contributed by atoms with Crippen molar-refractivity contribution in [2.45, 2.75) is 45.0 Å². The molecule has 0 saturated carbocycles. The Bertz CT molecular complexity index is 1180. The summed E-state index contributed by atoms with van der Waals surface area (Å²) < 4.78 is 12.9. The quantitative estimate of drug-likeness (QED) is 0.377. The molecule has 1 fully saturated rings. The van der Waals surface area contributed by atoms with Gasteiger partial charge in [-0.1, -0.05) is 72.8 Å². The van der Waals surface area contributed by atoms with Crippen molar-refractivity contribution in [3.05, 3.63) is 108 Å². The average Bonchev–Trinajstić information content (AvgIpc) is 2.92. The van der Waals surface area contributed by atoms with Crippen molar-refractivity contribution < 1.29 is 19.4 Å². The number of rotatable bonds is 10. The van der Waals surface area contributed by atoms with E-state index < -0.39 is 6.29 Å². The second-order valence-electron chi connectivity index (χ2n) is 9.59. The molecule has 1 heterocycles. The summed E-state index contributed by atoms with van der Waals surface area (Å²) in [7, 11) is 2.06. The topological polar surface area (TPSA) is 71.0 Å². The van der Waals surface area contributed by atoms with Crippen molar-refractivity contribution in [3.63, 3.8) is 0 Å². The highest BCUT2D eigenvalue weighted by Gasteiger charge is 2.32. The van der Waals surface area contributed by atoms with E-state index in [2.05, 4.69) is 60.2 Å². The van der Waals surface area contributed by atoms with E-state index in [0.717, 1.165) is 52.9 Å². The summed E-state index contributed by atoms with van der Waals surface area (Å²) in [6, 6.07) is 24.4. The number of nitrogens with zero attached hydrogens (tertiary/aromatic N) is 1. The van der Waals surface area contributed by atoms with E-state index in [1.165, 1.54) is 6.92 Å². The van der Waals surface area contributed by atoms with Gasteiger partial charge >= 0.3 is 0 Å². The lowest BCUT2D eigenvalue weighted by molar-refractivity contribution is -0.252. The Labute approximate surface area is 219 Å². The summed E-state index contributed by atoms with van der Waals surface area (Å²) in [6.45, 7) is 7.46. The number of benzene rings is 3. The zero-order valence-electron chi connectivity index (χ0n) is 21.6. The highest BCUT2D eigenvalue weighted by molar-refractivity contribution is 5.73. The predicted molar refractivity (Wildman–Crippen MR) is 146 cm³/mol. The van der Waals surface area contributed by atoms with Crippen molar-refractivity contribution in [3.8, 4) is 11.1 Å². The Hall–Kier alpha value is -3.29. The molecule has 3 unspecified atom stereocenters. The second kappa shape index (κ2) is 12.8. The van der Waals surface area contributed by atoms with Gasteiger partial charge in [-0.25, -0.2) is 0 Å². The van der Waals surface area contributed by atoms with Gasteiger partial charge in [-0.05, 0) is 40.9 Å². The van der Waals surface area contributed by atoms with Crippen LogP contribution in [0.2, 0.25) is 0 Å². The summed E-state index contributed by atoms with van der Waals surface area (Å²) in [5.74, 6) is -0.0427. The second-order valence-corrected chi connectivity index (χ2v) is 9.59. The fourth-order valence-corrected chi connectivity index (χ4v) is 4.60. The molecule has 1 aliphatic heterocycles. The standard InChI is InChI=1S/C31H36N2O4/c1-4-16-33(3)20-29-18-30(26-10-8-23(21-34)9-11-26)37-31(36-29)27-14-12-25(13-15-27)28-7-5-6-24(17-28)19-32-22(2)35/h4-15,17,29-31,34H,1,16,18-21H2,2-3H3,(H,32,35). The van der Waals surface area contributed by atoms with Crippen LogP contribution in [0.25, 0.3) is 11.1 Å². The SMILES string of the molecule is C=CCN(C)CC1CC(c2ccc(CO)cc2)OC(c2ccc(-c3cccc(CNC(C)=O)c3)cc2)O1. The highest BCUT2D eigenvalue weighted by Crippen LogP contribution is 2.38. The predicted octanol–water partition coefficient (Wildman–Crippen LogP) is 5.15. The molecule has 1 aliphatic rings. The first-order valence-corrected chi connectivity index (χ1v) is 12.7. The maximum atomic E-state index is 11.3. The number of aliphatic hydroxyl groups excluding tert-OH is 1. The van der Waals surface area contributed by atoms with E-state index in [1.807, 2.05) is 42.5 Å². The molecule has 1 amide bonds. The molecule has 194 valence electrons. The smallest absolute Gasteiger partial charge is 0.217 e. The summed E-state index contributed by atoms with van der Waals surface area (Å²) in [6.07, 6.45) is 2.04. The first-order chi connectivity index (χ1) is 17.9. The molecule has 3 aromatic rings. The number of hydrogen-bond acceptors (Lipinski definition) is 5. The number of amides is 1. The van der Waals surface area contributed by atoms with Crippen LogP contribution in [0.3, 0.4) is 0 Å². The molecule has 37 heavy (non-hydrogen) atoms. The first kappa shape index (κ1) is 26.8. The highest BCUT2D eigenvalue weighted by atomic mass is 16.7.